The standard InChI is InChI=1S/C20H38O13/c1-9-30-13-12(26-5)11(3)32-17(14(13)27-6)33-16(22)15(21)19(24,29-8)20(25,31-10-2)18(4,23)28-7/h11-15,17,21,23-25H,9-10H2,1-8H3/t11?,12-,13?,14?,15-,17+,18+,19+,20+/m0/s1. The van der Waals surface area contributed by atoms with Gasteiger partial charge in [0.1, 0.15) is 18.3 Å². The van der Waals surface area contributed by atoms with E-state index in [9.17, 15) is 25.2 Å². The Kier molecular flexibility index (Phi) is 11.0. The molecule has 1 heterocycles. The first-order valence-corrected chi connectivity index (χ1v) is 10.5. The van der Waals surface area contributed by atoms with E-state index < -0.39 is 60.1 Å². The topological polar surface area (TPSA) is 172 Å². The number of methoxy groups -OCH3 is 4. The molecule has 9 atom stereocenters. The highest BCUT2D eigenvalue weighted by Crippen LogP contribution is 2.39. The van der Waals surface area contributed by atoms with Crippen molar-refractivity contribution in [3.63, 3.8) is 0 Å². The molecule has 0 aromatic heterocycles. The minimum atomic E-state index is -3.24. The van der Waals surface area contributed by atoms with Crippen LogP contribution in [0.15, 0.2) is 0 Å². The van der Waals surface area contributed by atoms with E-state index in [1.807, 2.05) is 0 Å². The van der Waals surface area contributed by atoms with Gasteiger partial charge in [0.15, 0.2) is 0 Å². The lowest BCUT2D eigenvalue weighted by Crippen LogP contribution is -2.75. The van der Waals surface area contributed by atoms with Gasteiger partial charge in [-0.05, 0) is 27.7 Å². The summed E-state index contributed by atoms with van der Waals surface area (Å²) in [5, 5.41) is 43.1. The van der Waals surface area contributed by atoms with Crippen molar-refractivity contribution in [2.45, 2.75) is 81.9 Å². The Labute approximate surface area is 193 Å². The zero-order chi connectivity index (χ0) is 25.6. The molecule has 1 aliphatic heterocycles. The third-order valence-electron chi connectivity index (χ3n) is 5.63. The van der Waals surface area contributed by atoms with Gasteiger partial charge in [0.05, 0.1) is 6.10 Å². The van der Waals surface area contributed by atoms with Crippen LogP contribution in [0.1, 0.15) is 27.7 Å². The van der Waals surface area contributed by atoms with Crippen LogP contribution in [0, 0.1) is 0 Å². The van der Waals surface area contributed by atoms with Crippen LogP contribution in [0.25, 0.3) is 0 Å². The van der Waals surface area contributed by atoms with E-state index in [2.05, 4.69) is 0 Å². The zero-order valence-corrected chi connectivity index (χ0v) is 20.3. The van der Waals surface area contributed by atoms with Crippen LogP contribution in [0.3, 0.4) is 0 Å². The van der Waals surface area contributed by atoms with Crippen LogP contribution in [0.2, 0.25) is 0 Å². The van der Waals surface area contributed by atoms with E-state index in [0.717, 1.165) is 21.1 Å². The van der Waals surface area contributed by atoms with Crippen molar-refractivity contribution in [2.24, 2.45) is 0 Å². The van der Waals surface area contributed by atoms with Crippen LogP contribution in [0.5, 0.6) is 0 Å². The SMILES string of the molecule is CCOC1C(OC)[C@@H](OC(=O)[C@H](O)[C@@](O)(OC)[C@](O)(OCC)[C@](C)(O)OC)OC(C)[C@@H]1OC. The van der Waals surface area contributed by atoms with Crippen molar-refractivity contribution >= 4 is 5.97 Å². The average Bonchev–Trinajstić information content (AvgIpc) is 2.78. The first-order valence-electron chi connectivity index (χ1n) is 10.5. The van der Waals surface area contributed by atoms with Crippen molar-refractivity contribution in [2.75, 3.05) is 41.7 Å². The summed E-state index contributed by atoms with van der Waals surface area (Å²) >= 11 is 0. The Hall–Kier alpha value is -0.970. The van der Waals surface area contributed by atoms with Crippen LogP contribution in [0.4, 0.5) is 0 Å². The molecule has 0 aliphatic carbocycles. The molecule has 1 rings (SSSR count). The molecule has 0 bridgehead atoms. The van der Waals surface area contributed by atoms with Gasteiger partial charge in [-0.1, -0.05) is 0 Å². The van der Waals surface area contributed by atoms with Gasteiger partial charge in [0.2, 0.25) is 18.2 Å². The van der Waals surface area contributed by atoms with E-state index >= 15 is 0 Å². The molecule has 3 unspecified atom stereocenters. The van der Waals surface area contributed by atoms with Gasteiger partial charge in [-0.3, -0.25) is 0 Å². The maximum atomic E-state index is 12.9. The lowest BCUT2D eigenvalue weighted by Gasteiger charge is -2.49. The molecule has 0 spiro atoms. The second-order valence-corrected chi connectivity index (χ2v) is 7.53. The fourth-order valence-electron chi connectivity index (χ4n) is 3.71. The summed E-state index contributed by atoms with van der Waals surface area (Å²) in [6, 6.07) is 0. The zero-order valence-electron chi connectivity index (χ0n) is 20.3. The highest BCUT2D eigenvalue weighted by Gasteiger charge is 2.68. The first-order chi connectivity index (χ1) is 15.3. The fraction of sp³-hybridized carbons (Fsp3) is 0.950. The summed E-state index contributed by atoms with van der Waals surface area (Å²) in [5.74, 6) is -10.5. The largest absolute Gasteiger partial charge is 0.431 e. The average molecular weight is 487 g/mol. The molecule has 4 N–H and O–H groups in total. The second-order valence-electron chi connectivity index (χ2n) is 7.53. The van der Waals surface area contributed by atoms with Crippen molar-refractivity contribution < 1.29 is 63.1 Å². The maximum absolute atomic E-state index is 12.9. The third-order valence-corrected chi connectivity index (χ3v) is 5.63. The molecule has 0 radical (unpaired) electrons. The number of hydrogen-bond donors (Lipinski definition) is 4. The smallest absolute Gasteiger partial charge is 0.343 e. The molecular weight excluding hydrogens is 448 g/mol. The van der Waals surface area contributed by atoms with Gasteiger partial charge in [-0.25, -0.2) is 4.79 Å². The van der Waals surface area contributed by atoms with Gasteiger partial charge in [-0.2, -0.15) is 0 Å². The number of hydrogen-bond acceptors (Lipinski definition) is 13. The summed E-state index contributed by atoms with van der Waals surface area (Å²) < 4.78 is 42.2. The molecule has 0 aromatic carbocycles. The molecule has 0 aromatic rings. The number of carbonyl (C=O) groups excluding carboxylic acids is 1. The lowest BCUT2D eigenvalue weighted by molar-refractivity contribution is -0.476. The molecule has 13 nitrogen and oxygen atoms in total. The number of rotatable bonds is 13. The Morgan fingerprint density at radius 2 is 1.55 bits per heavy atom. The van der Waals surface area contributed by atoms with Crippen LogP contribution < -0.4 is 0 Å². The quantitative estimate of drug-likeness (QED) is 0.175. The Balaban J connectivity index is 3.26. The minimum absolute atomic E-state index is 0.271. The normalized spacial score (nSPS) is 32.3. The Bertz CT molecular complexity index is 617. The highest BCUT2D eigenvalue weighted by molar-refractivity contribution is 5.76. The Morgan fingerprint density at radius 1 is 0.970 bits per heavy atom. The summed E-state index contributed by atoms with van der Waals surface area (Å²) in [4.78, 5) is 12.9. The molecule has 1 saturated heterocycles. The molecule has 0 amide bonds. The van der Waals surface area contributed by atoms with E-state index in [1.165, 1.54) is 21.1 Å². The maximum Gasteiger partial charge on any atom is 0.343 e. The van der Waals surface area contributed by atoms with Gasteiger partial charge in [0, 0.05) is 41.7 Å². The van der Waals surface area contributed by atoms with Gasteiger partial charge in [0.25, 0.3) is 11.6 Å². The monoisotopic (exact) mass is 486 g/mol. The minimum Gasteiger partial charge on any atom is -0.431 e. The van der Waals surface area contributed by atoms with Crippen LogP contribution in [-0.4, -0.2) is 122 Å². The lowest BCUT2D eigenvalue weighted by atomic mass is 9.91. The summed E-state index contributed by atoms with van der Waals surface area (Å²) in [7, 11) is 4.69. The first kappa shape index (κ1) is 30.1. The predicted molar refractivity (Wildman–Crippen MR) is 110 cm³/mol. The van der Waals surface area contributed by atoms with Gasteiger partial charge >= 0.3 is 5.97 Å². The predicted octanol–water partition coefficient (Wildman–Crippen LogP) is -1.51. The van der Waals surface area contributed by atoms with Gasteiger partial charge in [-0.15, -0.1) is 0 Å². The van der Waals surface area contributed by atoms with Crippen LogP contribution in [-0.2, 0) is 42.7 Å². The molecule has 33 heavy (non-hydrogen) atoms. The van der Waals surface area contributed by atoms with E-state index in [0.29, 0.717) is 6.61 Å². The number of ether oxygens (including phenoxy) is 8. The van der Waals surface area contributed by atoms with Gasteiger partial charge < -0.3 is 58.3 Å². The summed E-state index contributed by atoms with van der Waals surface area (Å²) in [5.41, 5.74) is 0. The van der Waals surface area contributed by atoms with E-state index in [4.69, 9.17) is 37.9 Å². The second kappa shape index (κ2) is 12.1. The molecule has 196 valence electrons. The molecule has 0 saturated carbocycles. The number of aliphatic hydroxyl groups is 4. The molecule has 1 fully saturated rings. The molecule has 1 aliphatic rings. The summed E-state index contributed by atoms with van der Waals surface area (Å²) in [6.07, 6.45) is -6.80. The van der Waals surface area contributed by atoms with Crippen molar-refractivity contribution in [3.05, 3.63) is 0 Å². The van der Waals surface area contributed by atoms with Crippen molar-refractivity contribution in [1.29, 1.82) is 0 Å². The molecule has 13 heteroatoms. The van der Waals surface area contributed by atoms with E-state index in [-0.39, 0.29) is 6.61 Å². The number of esters is 1. The summed E-state index contributed by atoms with van der Waals surface area (Å²) in [6.45, 7) is 5.83. The molecular formula is C20H38O13. The number of aliphatic hydroxyl groups excluding tert-OH is 1. The highest BCUT2D eigenvalue weighted by atomic mass is 16.8. The van der Waals surface area contributed by atoms with Crippen molar-refractivity contribution in [3.8, 4) is 0 Å². The fourth-order valence-corrected chi connectivity index (χ4v) is 3.71. The third kappa shape index (κ3) is 5.65. The van der Waals surface area contributed by atoms with E-state index in [1.54, 1.807) is 13.8 Å². The number of carbonyl (C=O) groups is 1. The van der Waals surface area contributed by atoms with Crippen LogP contribution >= 0.6 is 0 Å². The van der Waals surface area contributed by atoms with Crippen molar-refractivity contribution in [1.82, 2.24) is 0 Å². The Morgan fingerprint density at radius 3 is 1.97 bits per heavy atom.